The van der Waals surface area contributed by atoms with E-state index < -0.39 is 15.4 Å². The summed E-state index contributed by atoms with van der Waals surface area (Å²) < 4.78 is 28.8. The largest absolute Gasteiger partial charge is 0.340 e. The maximum Gasteiger partial charge on any atom is 0.246 e. The third kappa shape index (κ3) is 2.75. The molecule has 8 heteroatoms. The molecule has 0 aliphatic carbocycles. The summed E-state index contributed by atoms with van der Waals surface area (Å²) in [4.78, 5) is 15.0. The minimum atomic E-state index is -3.59. The van der Waals surface area contributed by atoms with Gasteiger partial charge in [-0.2, -0.15) is 9.40 Å². The van der Waals surface area contributed by atoms with Crippen LogP contribution in [0.5, 0.6) is 0 Å². The van der Waals surface area contributed by atoms with Crippen LogP contribution in [0.3, 0.4) is 0 Å². The standard InChI is InChI=1S/C16H26N4O3S/c1-4-18-11-14(10-17-18)24(22,23)19-9-7-16(12-19)6-5-8-20(13(2)3)15(16)21/h10-11,13H,4-9,12H2,1-3H3/t16-/m0/s1. The molecule has 2 aliphatic rings. The first-order valence-electron chi connectivity index (χ1n) is 8.64. The van der Waals surface area contributed by atoms with Crippen LogP contribution in [0.1, 0.15) is 40.0 Å². The second-order valence-corrected chi connectivity index (χ2v) is 9.03. The van der Waals surface area contributed by atoms with Crippen LogP contribution in [0.15, 0.2) is 17.3 Å². The molecule has 1 atom stereocenters. The van der Waals surface area contributed by atoms with Gasteiger partial charge in [-0.1, -0.05) is 0 Å². The molecule has 1 aromatic heterocycles. The van der Waals surface area contributed by atoms with E-state index in [1.54, 1.807) is 10.9 Å². The summed E-state index contributed by atoms with van der Waals surface area (Å²) in [7, 11) is -3.59. The van der Waals surface area contributed by atoms with E-state index in [2.05, 4.69) is 5.10 Å². The molecule has 0 aromatic carbocycles. The first-order chi connectivity index (χ1) is 11.3. The number of sulfonamides is 1. The molecular formula is C16H26N4O3S. The Bertz CT molecular complexity index is 727. The molecule has 2 fully saturated rings. The first kappa shape index (κ1) is 17.4. The van der Waals surface area contributed by atoms with Crippen LogP contribution in [0.4, 0.5) is 0 Å². The Labute approximate surface area is 143 Å². The molecule has 2 aliphatic heterocycles. The topological polar surface area (TPSA) is 75.5 Å². The Kier molecular flexibility index (Phi) is 4.46. The second kappa shape index (κ2) is 6.15. The lowest BCUT2D eigenvalue weighted by atomic mass is 9.78. The summed E-state index contributed by atoms with van der Waals surface area (Å²) in [6.45, 7) is 8.02. The van der Waals surface area contributed by atoms with Crippen molar-refractivity contribution in [3.63, 3.8) is 0 Å². The zero-order valence-electron chi connectivity index (χ0n) is 14.6. The summed E-state index contributed by atoms with van der Waals surface area (Å²) in [6.07, 6.45) is 5.27. The molecule has 0 unspecified atom stereocenters. The highest BCUT2D eigenvalue weighted by Gasteiger charge is 2.51. The van der Waals surface area contributed by atoms with E-state index in [-0.39, 0.29) is 23.4 Å². The molecule has 1 spiro atoms. The number of rotatable bonds is 4. The van der Waals surface area contributed by atoms with E-state index in [0.717, 1.165) is 19.4 Å². The highest BCUT2D eigenvalue weighted by molar-refractivity contribution is 7.89. The van der Waals surface area contributed by atoms with Crippen LogP contribution in [0.25, 0.3) is 0 Å². The van der Waals surface area contributed by atoms with Gasteiger partial charge in [-0.15, -0.1) is 0 Å². The van der Waals surface area contributed by atoms with Crippen molar-refractivity contribution in [3.8, 4) is 0 Å². The van der Waals surface area contributed by atoms with Gasteiger partial charge in [0.05, 0.1) is 11.6 Å². The molecule has 0 radical (unpaired) electrons. The number of nitrogens with zero attached hydrogens (tertiary/aromatic N) is 4. The number of carbonyl (C=O) groups is 1. The van der Waals surface area contributed by atoms with Crippen LogP contribution in [-0.2, 0) is 21.4 Å². The van der Waals surface area contributed by atoms with Crippen molar-refractivity contribution in [2.24, 2.45) is 5.41 Å². The van der Waals surface area contributed by atoms with Crippen molar-refractivity contribution in [1.29, 1.82) is 0 Å². The van der Waals surface area contributed by atoms with Crippen molar-refractivity contribution >= 4 is 15.9 Å². The van der Waals surface area contributed by atoms with Gasteiger partial charge in [0.25, 0.3) is 0 Å². The summed E-state index contributed by atoms with van der Waals surface area (Å²) >= 11 is 0. The van der Waals surface area contributed by atoms with Gasteiger partial charge in [0.1, 0.15) is 4.90 Å². The molecule has 7 nitrogen and oxygen atoms in total. The number of carbonyl (C=O) groups excluding carboxylic acids is 1. The third-order valence-electron chi connectivity index (χ3n) is 5.28. The van der Waals surface area contributed by atoms with E-state index in [4.69, 9.17) is 0 Å². The van der Waals surface area contributed by atoms with Gasteiger partial charge in [0.15, 0.2) is 0 Å². The monoisotopic (exact) mass is 354 g/mol. The van der Waals surface area contributed by atoms with E-state index in [1.165, 1.54) is 10.5 Å². The van der Waals surface area contributed by atoms with Crippen molar-refractivity contribution in [2.75, 3.05) is 19.6 Å². The number of aryl methyl sites for hydroxylation is 1. The maximum atomic E-state index is 12.9. The van der Waals surface area contributed by atoms with Gasteiger partial charge in [-0.25, -0.2) is 8.42 Å². The molecule has 3 rings (SSSR count). The minimum absolute atomic E-state index is 0.116. The molecule has 2 saturated heterocycles. The maximum absolute atomic E-state index is 12.9. The highest BCUT2D eigenvalue weighted by Crippen LogP contribution is 2.42. The lowest BCUT2D eigenvalue weighted by molar-refractivity contribution is -0.147. The van der Waals surface area contributed by atoms with Crippen LogP contribution in [0, 0.1) is 5.41 Å². The van der Waals surface area contributed by atoms with Crippen molar-refractivity contribution < 1.29 is 13.2 Å². The van der Waals surface area contributed by atoms with Gasteiger partial charge in [-0.05, 0) is 40.0 Å². The molecule has 24 heavy (non-hydrogen) atoms. The SMILES string of the molecule is CCn1cc(S(=O)(=O)N2CC[C@@]3(CCCN(C(C)C)C3=O)C2)cn1. The summed E-state index contributed by atoms with van der Waals surface area (Å²) in [5.74, 6) is 0.116. The predicted molar refractivity (Wildman–Crippen MR) is 89.8 cm³/mol. The lowest BCUT2D eigenvalue weighted by Gasteiger charge is -2.41. The van der Waals surface area contributed by atoms with Crippen LogP contribution < -0.4 is 0 Å². The zero-order valence-corrected chi connectivity index (χ0v) is 15.4. The predicted octanol–water partition coefficient (Wildman–Crippen LogP) is 1.31. The summed E-state index contributed by atoms with van der Waals surface area (Å²) in [5, 5.41) is 4.06. The highest BCUT2D eigenvalue weighted by atomic mass is 32.2. The molecule has 3 heterocycles. The van der Waals surface area contributed by atoms with Gasteiger partial charge in [0.2, 0.25) is 15.9 Å². The molecule has 0 saturated carbocycles. The van der Waals surface area contributed by atoms with E-state index in [1.807, 2.05) is 25.7 Å². The second-order valence-electron chi connectivity index (χ2n) is 7.10. The molecule has 134 valence electrons. The average Bonchev–Trinajstić information content (AvgIpc) is 3.18. The van der Waals surface area contributed by atoms with Crippen molar-refractivity contribution in [2.45, 2.75) is 57.5 Å². The Morgan fingerprint density at radius 2 is 2.04 bits per heavy atom. The van der Waals surface area contributed by atoms with Crippen LogP contribution in [-0.4, -0.2) is 59.0 Å². The van der Waals surface area contributed by atoms with E-state index >= 15 is 0 Å². The Morgan fingerprint density at radius 1 is 1.29 bits per heavy atom. The Balaban J connectivity index is 1.83. The normalized spacial score (nSPS) is 26.0. The molecule has 1 aromatic rings. The van der Waals surface area contributed by atoms with Crippen LogP contribution in [0.2, 0.25) is 0 Å². The van der Waals surface area contributed by atoms with Crippen molar-refractivity contribution in [3.05, 3.63) is 12.4 Å². The molecule has 0 bridgehead atoms. The summed E-state index contributed by atoms with van der Waals surface area (Å²) in [6, 6.07) is 0.156. The fourth-order valence-electron chi connectivity index (χ4n) is 3.81. The van der Waals surface area contributed by atoms with Gasteiger partial charge >= 0.3 is 0 Å². The fourth-order valence-corrected chi connectivity index (χ4v) is 5.29. The lowest BCUT2D eigenvalue weighted by Crippen LogP contribution is -2.52. The molecule has 0 N–H and O–H groups in total. The van der Waals surface area contributed by atoms with Crippen LogP contribution >= 0.6 is 0 Å². The fraction of sp³-hybridized carbons (Fsp3) is 0.750. The number of hydrogen-bond acceptors (Lipinski definition) is 4. The Hall–Kier alpha value is -1.41. The van der Waals surface area contributed by atoms with Gasteiger partial charge in [-0.3, -0.25) is 9.48 Å². The number of piperidine rings is 1. The Morgan fingerprint density at radius 3 is 2.67 bits per heavy atom. The third-order valence-corrected chi connectivity index (χ3v) is 7.08. The van der Waals surface area contributed by atoms with E-state index in [0.29, 0.717) is 19.5 Å². The number of hydrogen-bond donors (Lipinski definition) is 0. The van der Waals surface area contributed by atoms with E-state index in [9.17, 15) is 13.2 Å². The molecular weight excluding hydrogens is 328 g/mol. The van der Waals surface area contributed by atoms with Gasteiger partial charge < -0.3 is 4.90 Å². The quantitative estimate of drug-likeness (QED) is 0.817. The molecule has 1 amide bonds. The number of amides is 1. The number of likely N-dealkylation sites (tertiary alicyclic amines) is 1. The zero-order chi connectivity index (χ0) is 17.5. The number of aromatic nitrogens is 2. The average molecular weight is 354 g/mol. The van der Waals surface area contributed by atoms with Crippen molar-refractivity contribution in [1.82, 2.24) is 19.0 Å². The van der Waals surface area contributed by atoms with Gasteiger partial charge in [0, 0.05) is 38.4 Å². The summed E-state index contributed by atoms with van der Waals surface area (Å²) in [5.41, 5.74) is -0.545. The smallest absolute Gasteiger partial charge is 0.246 e. The first-order valence-corrected chi connectivity index (χ1v) is 10.1. The minimum Gasteiger partial charge on any atom is -0.340 e.